The molecule has 1 N–H and O–H groups in total. The first kappa shape index (κ1) is 15.4. The molecule has 1 aromatic heterocycles. The number of rotatable bonds is 6. The van der Waals surface area contributed by atoms with Crippen LogP contribution in [-0.4, -0.2) is 30.3 Å². The van der Waals surface area contributed by atoms with E-state index in [1.165, 1.54) is 0 Å². The van der Waals surface area contributed by atoms with Crippen LogP contribution >= 0.6 is 0 Å². The standard InChI is InChI=1S/C16H26N2O2/c1-16(2,3)17-9-14-5-4-6-15(18-14)12-20-11-13-7-8-19-10-13/h4-6,13,17H,7-12H2,1-3H3. The fourth-order valence-electron chi connectivity index (χ4n) is 2.11. The topological polar surface area (TPSA) is 43.4 Å². The Labute approximate surface area is 121 Å². The van der Waals surface area contributed by atoms with Gasteiger partial charge in [0, 0.05) is 24.6 Å². The summed E-state index contributed by atoms with van der Waals surface area (Å²) < 4.78 is 11.1. The molecule has 0 aromatic carbocycles. The van der Waals surface area contributed by atoms with Crippen LogP contribution in [0.3, 0.4) is 0 Å². The van der Waals surface area contributed by atoms with Gasteiger partial charge in [0.1, 0.15) is 0 Å². The normalized spacial score (nSPS) is 19.4. The second-order valence-corrected chi connectivity index (χ2v) is 6.47. The van der Waals surface area contributed by atoms with E-state index >= 15 is 0 Å². The van der Waals surface area contributed by atoms with Crippen molar-refractivity contribution in [2.75, 3.05) is 19.8 Å². The van der Waals surface area contributed by atoms with Gasteiger partial charge in [0.25, 0.3) is 0 Å². The highest BCUT2D eigenvalue weighted by atomic mass is 16.5. The van der Waals surface area contributed by atoms with Gasteiger partial charge in [-0.05, 0) is 39.3 Å². The second-order valence-electron chi connectivity index (χ2n) is 6.47. The molecule has 2 rings (SSSR count). The van der Waals surface area contributed by atoms with Crippen molar-refractivity contribution in [1.29, 1.82) is 0 Å². The van der Waals surface area contributed by atoms with Crippen LogP contribution in [0.15, 0.2) is 18.2 Å². The SMILES string of the molecule is CC(C)(C)NCc1cccc(COCC2CCOC2)n1. The van der Waals surface area contributed by atoms with Crippen molar-refractivity contribution in [3.63, 3.8) is 0 Å². The summed E-state index contributed by atoms with van der Waals surface area (Å²) in [6.07, 6.45) is 1.11. The zero-order valence-electron chi connectivity index (χ0n) is 12.8. The van der Waals surface area contributed by atoms with E-state index < -0.39 is 0 Å². The first-order valence-corrected chi connectivity index (χ1v) is 7.38. The van der Waals surface area contributed by atoms with Gasteiger partial charge in [0.15, 0.2) is 0 Å². The van der Waals surface area contributed by atoms with Crippen LogP contribution < -0.4 is 5.32 Å². The minimum Gasteiger partial charge on any atom is -0.381 e. The highest BCUT2D eigenvalue weighted by molar-refractivity contribution is 5.10. The predicted octanol–water partition coefficient (Wildman–Crippen LogP) is 2.52. The summed E-state index contributed by atoms with van der Waals surface area (Å²) in [6.45, 7) is 10.3. The second kappa shape index (κ2) is 7.16. The Kier molecular flexibility index (Phi) is 5.52. The summed E-state index contributed by atoms with van der Waals surface area (Å²) in [5, 5.41) is 3.45. The molecule has 1 aliphatic rings. The Morgan fingerprint density at radius 2 is 2.15 bits per heavy atom. The van der Waals surface area contributed by atoms with Gasteiger partial charge in [-0.1, -0.05) is 6.07 Å². The van der Waals surface area contributed by atoms with Crippen LogP contribution in [0, 0.1) is 5.92 Å². The highest BCUT2D eigenvalue weighted by Crippen LogP contribution is 2.13. The molecule has 0 aliphatic carbocycles. The average Bonchev–Trinajstić information content (AvgIpc) is 2.89. The smallest absolute Gasteiger partial charge is 0.0888 e. The molecule has 0 spiro atoms. The molecule has 4 nitrogen and oxygen atoms in total. The van der Waals surface area contributed by atoms with Crippen molar-refractivity contribution in [3.05, 3.63) is 29.6 Å². The molecule has 0 bridgehead atoms. The molecule has 1 aromatic rings. The van der Waals surface area contributed by atoms with Gasteiger partial charge in [-0.2, -0.15) is 0 Å². The van der Waals surface area contributed by atoms with E-state index in [-0.39, 0.29) is 5.54 Å². The number of nitrogens with one attached hydrogen (secondary N) is 1. The lowest BCUT2D eigenvalue weighted by Gasteiger charge is -2.20. The van der Waals surface area contributed by atoms with Crippen molar-refractivity contribution in [1.82, 2.24) is 10.3 Å². The number of hydrogen-bond donors (Lipinski definition) is 1. The van der Waals surface area contributed by atoms with E-state index in [4.69, 9.17) is 9.47 Å². The number of pyridine rings is 1. The summed E-state index contributed by atoms with van der Waals surface area (Å²) in [7, 11) is 0. The van der Waals surface area contributed by atoms with Crippen LogP contribution in [0.25, 0.3) is 0 Å². The molecule has 4 heteroatoms. The van der Waals surface area contributed by atoms with Crippen LogP contribution in [0.2, 0.25) is 0 Å². The van der Waals surface area contributed by atoms with E-state index in [2.05, 4.69) is 31.1 Å². The zero-order chi connectivity index (χ0) is 14.4. The van der Waals surface area contributed by atoms with E-state index in [0.29, 0.717) is 12.5 Å². The number of nitrogens with zero attached hydrogens (tertiary/aromatic N) is 1. The molecule has 1 aliphatic heterocycles. The van der Waals surface area contributed by atoms with Gasteiger partial charge in [0.05, 0.1) is 31.2 Å². The largest absolute Gasteiger partial charge is 0.381 e. The quantitative estimate of drug-likeness (QED) is 0.868. The van der Waals surface area contributed by atoms with Gasteiger partial charge in [-0.25, -0.2) is 0 Å². The van der Waals surface area contributed by atoms with Crippen molar-refractivity contribution in [3.8, 4) is 0 Å². The molecule has 1 unspecified atom stereocenters. The molecular weight excluding hydrogens is 252 g/mol. The number of hydrogen-bond acceptors (Lipinski definition) is 4. The molecule has 0 saturated carbocycles. The van der Waals surface area contributed by atoms with Crippen LogP contribution in [0.4, 0.5) is 0 Å². The number of ether oxygens (including phenoxy) is 2. The molecule has 0 radical (unpaired) electrons. The van der Waals surface area contributed by atoms with Gasteiger partial charge < -0.3 is 14.8 Å². The lowest BCUT2D eigenvalue weighted by Crippen LogP contribution is -2.35. The van der Waals surface area contributed by atoms with Crippen molar-refractivity contribution in [2.45, 2.75) is 45.9 Å². The maximum atomic E-state index is 5.74. The molecule has 2 heterocycles. The predicted molar refractivity (Wildman–Crippen MR) is 79.4 cm³/mol. The summed E-state index contributed by atoms with van der Waals surface area (Å²) in [4.78, 5) is 4.62. The first-order valence-electron chi connectivity index (χ1n) is 7.38. The lowest BCUT2D eigenvalue weighted by atomic mass is 10.1. The lowest BCUT2D eigenvalue weighted by molar-refractivity contribution is 0.0772. The van der Waals surface area contributed by atoms with Gasteiger partial charge >= 0.3 is 0 Å². The minimum absolute atomic E-state index is 0.108. The fourth-order valence-corrected chi connectivity index (χ4v) is 2.11. The summed E-state index contributed by atoms with van der Waals surface area (Å²) in [5.74, 6) is 0.556. The van der Waals surface area contributed by atoms with Crippen LogP contribution in [0.1, 0.15) is 38.6 Å². The third kappa shape index (κ3) is 5.57. The molecule has 1 fully saturated rings. The van der Waals surface area contributed by atoms with Gasteiger partial charge in [0.2, 0.25) is 0 Å². The number of aromatic nitrogens is 1. The summed E-state index contributed by atoms with van der Waals surface area (Å²) in [5.41, 5.74) is 2.17. The Hall–Kier alpha value is -0.970. The molecule has 1 atom stereocenters. The molecule has 20 heavy (non-hydrogen) atoms. The molecule has 0 amide bonds. The molecular formula is C16H26N2O2. The first-order chi connectivity index (χ1) is 9.53. The molecule has 1 saturated heterocycles. The zero-order valence-corrected chi connectivity index (χ0v) is 12.8. The van der Waals surface area contributed by atoms with E-state index in [1.807, 2.05) is 18.2 Å². The fraction of sp³-hybridized carbons (Fsp3) is 0.688. The van der Waals surface area contributed by atoms with Crippen molar-refractivity contribution >= 4 is 0 Å². The highest BCUT2D eigenvalue weighted by Gasteiger charge is 2.15. The Balaban J connectivity index is 1.76. The molecule has 112 valence electrons. The maximum absolute atomic E-state index is 5.74. The summed E-state index contributed by atoms with van der Waals surface area (Å²) in [6, 6.07) is 6.11. The van der Waals surface area contributed by atoms with Gasteiger partial charge in [-0.15, -0.1) is 0 Å². The van der Waals surface area contributed by atoms with Crippen molar-refractivity contribution < 1.29 is 9.47 Å². The monoisotopic (exact) mass is 278 g/mol. The Bertz CT molecular complexity index is 409. The van der Waals surface area contributed by atoms with Crippen LogP contribution in [0.5, 0.6) is 0 Å². The minimum atomic E-state index is 0.108. The van der Waals surface area contributed by atoms with Crippen LogP contribution in [-0.2, 0) is 22.6 Å². The summed E-state index contributed by atoms with van der Waals surface area (Å²) >= 11 is 0. The third-order valence-corrected chi connectivity index (χ3v) is 3.29. The Morgan fingerprint density at radius 1 is 1.35 bits per heavy atom. The van der Waals surface area contributed by atoms with Gasteiger partial charge in [-0.3, -0.25) is 4.98 Å². The maximum Gasteiger partial charge on any atom is 0.0888 e. The third-order valence-electron chi connectivity index (χ3n) is 3.29. The van der Waals surface area contributed by atoms with E-state index in [9.17, 15) is 0 Å². The average molecular weight is 278 g/mol. The Morgan fingerprint density at radius 3 is 2.85 bits per heavy atom. The van der Waals surface area contributed by atoms with Crippen molar-refractivity contribution in [2.24, 2.45) is 5.92 Å². The van der Waals surface area contributed by atoms with E-state index in [0.717, 1.165) is 44.2 Å². The van der Waals surface area contributed by atoms with E-state index in [1.54, 1.807) is 0 Å².